The van der Waals surface area contributed by atoms with Crippen LogP contribution < -0.4 is 4.90 Å². The number of para-hydroxylation sites is 1. The van der Waals surface area contributed by atoms with Crippen molar-refractivity contribution in [2.45, 2.75) is 48.6 Å². The van der Waals surface area contributed by atoms with Crippen LogP contribution in [0.25, 0.3) is 0 Å². The molecule has 0 bridgehead atoms. The SMILES string of the molecule is CC1(C)C=C(CN2c3ccccc3Sc3ccc(Cl)cc32)C(C)(C)N1OS(C)(=O)=O. The van der Waals surface area contributed by atoms with Crippen molar-refractivity contribution in [3.05, 3.63) is 59.1 Å². The number of halogens is 1. The molecule has 0 saturated heterocycles. The molecule has 0 amide bonds. The fraction of sp³-hybridized carbons (Fsp3) is 0.364. The molecule has 0 saturated carbocycles. The minimum atomic E-state index is -3.65. The largest absolute Gasteiger partial charge is 0.335 e. The lowest BCUT2D eigenvalue weighted by atomic mass is 9.95. The summed E-state index contributed by atoms with van der Waals surface area (Å²) < 4.78 is 29.2. The zero-order valence-corrected chi connectivity index (χ0v) is 20.0. The topological polar surface area (TPSA) is 49.9 Å². The van der Waals surface area contributed by atoms with Crippen LogP contribution in [0.2, 0.25) is 5.02 Å². The Hall–Kier alpha value is -1.51. The Morgan fingerprint density at radius 1 is 1.03 bits per heavy atom. The van der Waals surface area contributed by atoms with Crippen LogP contribution in [0.15, 0.2) is 63.9 Å². The van der Waals surface area contributed by atoms with Gasteiger partial charge in [0.15, 0.2) is 0 Å². The Morgan fingerprint density at radius 2 is 1.70 bits per heavy atom. The minimum absolute atomic E-state index is 0.580. The van der Waals surface area contributed by atoms with Crippen molar-refractivity contribution in [2.24, 2.45) is 0 Å². The van der Waals surface area contributed by atoms with Crippen LogP contribution in [0.5, 0.6) is 0 Å². The van der Waals surface area contributed by atoms with Gasteiger partial charge in [-0.2, -0.15) is 17.8 Å². The predicted molar refractivity (Wildman–Crippen MR) is 123 cm³/mol. The molecule has 2 aliphatic rings. The van der Waals surface area contributed by atoms with Gasteiger partial charge in [-0.05, 0) is 63.6 Å². The number of rotatable bonds is 4. The zero-order valence-electron chi connectivity index (χ0n) is 17.6. The van der Waals surface area contributed by atoms with Crippen molar-refractivity contribution in [3.8, 4) is 0 Å². The number of fused-ring (bicyclic) bond motifs is 2. The molecule has 0 atom stereocenters. The maximum absolute atomic E-state index is 11.9. The molecule has 5 nitrogen and oxygen atoms in total. The van der Waals surface area contributed by atoms with E-state index in [0.717, 1.165) is 28.1 Å². The van der Waals surface area contributed by atoms with Gasteiger partial charge in [0.1, 0.15) is 0 Å². The summed E-state index contributed by atoms with van der Waals surface area (Å²) in [5.41, 5.74) is 2.02. The molecule has 30 heavy (non-hydrogen) atoms. The molecule has 2 aromatic rings. The summed E-state index contributed by atoms with van der Waals surface area (Å²) >= 11 is 8.06. The molecule has 2 aromatic carbocycles. The minimum Gasteiger partial charge on any atom is -0.335 e. The van der Waals surface area contributed by atoms with Gasteiger partial charge in [-0.25, -0.2) is 0 Å². The lowest BCUT2D eigenvalue weighted by Gasteiger charge is -2.40. The second-order valence-corrected chi connectivity index (χ2v) is 11.8. The van der Waals surface area contributed by atoms with E-state index in [4.69, 9.17) is 15.9 Å². The Balaban J connectivity index is 1.77. The first-order valence-corrected chi connectivity index (χ1v) is 12.7. The van der Waals surface area contributed by atoms with Crippen molar-refractivity contribution in [1.82, 2.24) is 5.06 Å². The molecule has 8 heteroatoms. The van der Waals surface area contributed by atoms with E-state index < -0.39 is 21.2 Å². The van der Waals surface area contributed by atoms with Gasteiger partial charge in [0.25, 0.3) is 10.1 Å². The number of anilines is 2. The Morgan fingerprint density at radius 3 is 2.40 bits per heavy atom. The normalized spacial score (nSPS) is 19.9. The van der Waals surface area contributed by atoms with Crippen LogP contribution >= 0.6 is 23.4 Å². The zero-order chi connectivity index (χ0) is 21.9. The third kappa shape index (κ3) is 3.89. The van der Waals surface area contributed by atoms with E-state index >= 15 is 0 Å². The standard InChI is InChI=1S/C22H25ClN2O3S2/c1-21(2)13-15(22(3,4)25(21)28-30(5,26)27)14-24-17-8-6-7-9-19(17)29-20-11-10-16(23)12-18(20)24/h6-13H,14H2,1-5H3. The summed E-state index contributed by atoms with van der Waals surface area (Å²) in [6.07, 6.45) is 3.18. The summed E-state index contributed by atoms with van der Waals surface area (Å²) in [4.78, 5) is 4.56. The average Bonchev–Trinajstić information content (AvgIpc) is 2.80. The molecule has 2 aliphatic heterocycles. The van der Waals surface area contributed by atoms with E-state index in [9.17, 15) is 8.42 Å². The molecule has 160 valence electrons. The quantitative estimate of drug-likeness (QED) is 0.546. The molecule has 0 aromatic heterocycles. The second-order valence-electron chi connectivity index (χ2n) is 8.72. The second kappa shape index (κ2) is 7.28. The van der Waals surface area contributed by atoms with Gasteiger partial charge >= 0.3 is 0 Å². The molecule has 4 rings (SSSR count). The van der Waals surface area contributed by atoms with Gasteiger partial charge in [-0.3, -0.25) is 0 Å². The van der Waals surface area contributed by atoms with Crippen molar-refractivity contribution < 1.29 is 12.7 Å². The number of nitrogens with zero attached hydrogens (tertiary/aromatic N) is 2. The van der Waals surface area contributed by atoms with Crippen LogP contribution in [0.3, 0.4) is 0 Å². The summed E-state index contributed by atoms with van der Waals surface area (Å²) in [5, 5.41) is 2.26. The van der Waals surface area contributed by atoms with Gasteiger partial charge < -0.3 is 4.90 Å². The smallest absolute Gasteiger partial charge is 0.280 e. The molecule has 0 radical (unpaired) electrons. The first-order valence-electron chi connectivity index (χ1n) is 9.64. The summed E-state index contributed by atoms with van der Waals surface area (Å²) in [6, 6.07) is 14.2. The highest BCUT2D eigenvalue weighted by Crippen LogP contribution is 2.50. The molecule has 0 aliphatic carbocycles. The van der Waals surface area contributed by atoms with Gasteiger partial charge in [0.2, 0.25) is 0 Å². The first kappa shape index (κ1) is 21.7. The van der Waals surface area contributed by atoms with E-state index in [0.29, 0.717) is 11.6 Å². The maximum atomic E-state index is 11.9. The van der Waals surface area contributed by atoms with Gasteiger partial charge in [0, 0.05) is 21.4 Å². The number of hydrogen-bond acceptors (Lipinski definition) is 6. The Bertz CT molecular complexity index is 1140. The van der Waals surface area contributed by atoms with E-state index in [1.165, 1.54) is 4.90 Å². The van der Waals surface area contributed by atoms with Crippen molar-refractivity contribution in [3.63, 3.8) is 0 Å². The fourth-order valence-corrected chi connectivity index (χ4v) is 6.11. The van der Waals surface area contributed by atoms with Crippen LogP contribution in [0.4, 0.5) is 11.4 Å². The van der Waals surface area contributed by atoms with Crippen molar-refractivity contribution >= 4 is 44.9 Å². The average molecular weight is 465 g/mol. The Labute approximate surface area is 187 Å². The van der Waals surface area contributed by atoms with Gasteiger partial charge in [-0.15, -0.1) is 0 Å². The van der Waals surface area contributed by atoms with E-state index in [1.807, 2.05) is 58.0 Å². The molecule has 0 spiro atoms. The lowest BCUT2D eigenvalue weighted by Crippen LogP contribution is -2.51. The highest BCUT2D eigenvalue weighted by molar-refractivity contribution is 7.99. The van der Waals surface area contributed by atoms with E-state index in [2.05, 4.69) is 23.1 Å². The molecule has 0 unspecified atom stereocenters. The van der Waals surface area contributed by atoms with Crippen LogP contribution in [-0.4, -0.2) is 37.4 Å². The van der Waals surface area contributed by atoms with Gasteiger partial charge in [-0.1, -0.05) is 41.6 Å². The summed E-state index contributed by atoms with van der Waals surface area (Å²) in [7, 11) is -3.65. The highest BCUT2D eigenvalue weighted by Gasteiger charge is 2.49. The highest BCUT2D eigenvalue weighted by atomic mass is 35.5. The number of hydrogen-bond donors (Lipinski definition) is 0. The van der Waals surface area contributed by atoms with E-state index in [-0.39, 0.29) is 0 Å². The molecule has 0 N–H and O–H groups in total. The Kier molecular flexibility index (Phi) is 5.27. The lowest BCUT2D eigenvalue weighted by molar-refractivity contribution is -0.151. The molecular weight excluding hydrogens is 440 g/mol. The predicted octanol–water partition coefficient (Wildman–Crippen LogP) is 5.63. The van der Waals surface area contributed by atoms with Crippen LogP contribution in [-0.2, 0) is 14.4 Å². The third-order valence-corrected chi connectivity index (χ3v) is 7.26. The third-order valence-electron chi connectivity index (χ3n) is 5.47. The van der Waals surface area contributed by atoms with E-state index in [1.54, 1.807) is 16.8 Å². The first-order chi connectivity index (χ1) is 13.9. The monoisotopic (exact) mass is 464 g/mol. The summed E-state index contributed by atoms with van der Waals surface area (Å²) in [6.45, 7) is 8.48. The van der Waals surface area contributed by atoms with Crippen molar-refractivity contribution in [1.29, 1.82) is 0 Å². The van der Waals surface area contributed by atoms with Gasteiger partial charge in [0.05, 0.1) is 28.7 Å². The molecule has 2 heterocycles. The maximum Gasteiger partial charge on any atom is 0.280 e. The molecular formula is C22H25ClN2O3S2. The number of hydroxylamine groups is 2. The number of benzene rings is 2. The van der Waals surface area contributed by atoms with Crippen LogP contribution in [0.1, 0.15) is 27.7 Å². The van der Waals surface area contributed by atoms with Crippen LogP contribution in [0, 0.1) is 0 Å². The molecule has 0 fully saturated rings. The van der Waals surface area contributed by atoms with Crippen molar-refractivity contribution in [2.75, 3.05) is 17.7 Å². The summed E-state index contributed by atoms with van der Waals surface area (Å²) in [5.74, 6) is 0. The fourth-order valence-electron chi connectivity index (χ4n) is 4.22.